The van der Waals surface area contributed by atoms with Crippen LogP contribution in [0.25, 0.3) is 0 Å². The van der Waals surface area contributed by atoms with Crippen molar-refractivity contribution in [2.24, 2.45) is 11.7 Å². The van der Waals surface area contributed by atoms with Gasteiger partial charge in [-0.15, -0.1) is 0 Å². The molecule has 1 aromatic carbocycles. The molecule has 3 heteroatoms. The molecule has 15 heavy (non-hydrogen) atoms. The van der Waals surface area contributed by atoms with E-state index in [2.05, 4.69) is 0 Å². The normalized spacial score (nSPS) is 16.1. The molecule has 1 aliphatic rings. The number of benzene rings is 1. The van der Waals surface area contributed by atoms with Gasteiger partial charge in [0.25, 0.3) is 0 Å². The number of rotatable bonds is 5. The minimum atomic E-state index is 0.583. The maximum Gasteiger partial charge on any atom is 0.119 e. The molecule has 0 unspecified atom stereocenters. The van der Waals surface area contributed by atoms with Gasteiger partial charge in [0.2, 0.25) is 0 Å². The number of ether oxygens (including phenoxy) is 2. The van der Waals surface area contributed by atoms with Gasteiger partial charge in [-0.25, -0.2) is 0 Å². The van der Waals surface area contributed by atoms with Crippen LogP contribution in [-0.2, 0) is 11.3 Å². The molecule has 0 radical (unpaired) electrons. The Labute approximate surface area is 90.2 Å². The molecule has 3 nitrogen and oxygen atoms in total. The average molecular weight is 207 g/mol. The summed E-state index contributed by atoms with van der Waals surface area (Å²) >= 11 is 0. The highest BCUT2D eigenvalue weighted by atomic mass is 16.5. The van der Waals surface area contributed by atoms with Crippen molar-refractivity contribution in [3.05, 3.63) is 29.8 Å². The molecule has 1 aromatic rings. The van der Waals surface area contributed by atoms with Gasteiger partial charge in [0.1, 0.15) is 5.75 Å². The molecule has 1 saturated heterocycles. The van der Waals surface area contributed by atoms with E-state index in [1.54, 1.807) is 0 Å². The molecule has 0 aromatic heterocycles. The summed E-state index contributed by atoms with van der Waals surface area (Å²) in [6.45, 7) is 3.15. The first-order valence-corrected chi connectivity index (χ1v) is 5.38. The molecule has 1 fully saturated rings. The van der Waals surface area contributed by atoms with E-state index in [9.17, 15) is 0 Å². The van der Waals surface area contributed by atoms with Gasteiger partial charge in [-0.3, -0.25) is 0 Å². The average Bonchev–Trinajstić information content (AvgIpc) is 2.23. The van der Waals surface area contributed by atoms with Crippen molar-refractivity contribution < 1.29 is 9.47 Å². The molecule has 0 bridgehead atoms. The molecule has 82 valence electrons. The van der Waals surface area contributed by atoms with E-state index in [1.165, 1.54) is 0 Å². The highest BCUT2D eigenvalue weighted by Gasteiger charge is 2.17. The number of hydrogen-bond acceptors (Lipinski definition) is 3. The zero-order chi connectivity index (χ0) is 10.5. The van der Waals surface area contributed by atoms with Gasteiger partial charge in [0.05, 0.1) is 19.8 Å². The van der Waals surface area contributed by atoms with Gasteiger partial charge < -0.3 is 15.2 Å². The summed E-state index contributed by atoms with van der Waals surface area (Å²) in [5, 5.41) is 0. The van der Waals surface area contributed by atoms with Gasteiger partial charge in [-0.05, 0) is 24.1 Å². The van der Waals surface area contributed by atoms with Crippen molar-refractivity contribution in [1.29, 1.82) is 0 Å². The molecule has 2 N–H and O–H groups in total. The Hall–Kier alpha value is -1.06. The van der Waals surface area contributed by atoms with Gasteiger partial charge >= 0.3 is 0 Å². The van der Waals surface area contributed by atoms with Crippen LogP contribution in [0.3, 0.4) is 0 Å². The van der Waals surface area contributed by atoms with Gasteiger partial charge in [0, 0.05) is 12.5 Å². The van der Waals surface area contributed by atoms with Gasteiger partial charge in [-0.2, -0.15) is 0 Å². The third-order valence-electron chi connectivity index (χ3n) is 2.66. The lowest BCUT2D eigenvalue weighted by Crippen LogP contribution is -2.28. The van der Waals surface area contributed by atoms with E-state index in [0.717, 1.165) is 37.6 Å². The monoisotopic (exact) mass is 207 g/mol. The van der Waals surface area contributed by atoms with Crippen LogP contribution in [0.1, 0.15) is 12.0 Å². The SMILES string of the molecule is NCc1ccc(OCCC2COC2)cc1. The molecule has 0 spiro atoms. The lowest BCUT2D eigenvalue weighted by atomic mass is 10.1. The molecule has 2 rings (SSSR count). The fraction of sp³-hybridized carbons (Fsp3) is 0.500. The zero-order valence-corrected chi connectivity index (χ0v) is 8.82. The van der Waals surface area contributed by atoms with Gasteiger partial charge in [-0.1, -0.05) is 12.1 Å². The Kier molecular flexibility index (Phi) is 3.59. The molecule has 1 aliphatic heterocycles. The summed E-state index contributed by atoms with van der Waals surface area (Å²) < 4.78 is 10.7. The van der Waals surface area contributed by atoms with Crippen molar-refractivity contribution in [1.82, 2.24) is 0 Å². The maximum absolute atomic E-state index is 5.62. The van der Waals surface area contributed by atoms with Gasteiger partial charge in [0.15, 0.2) is 0 Å². The second kappa shape index (κ2) is 5.14. The van der Waals surface area contributed by atoms with E-state index in [0.29, 0.717) is 12.5 Å². The Morgan fingerprint density at radius 1 is 1.27 bits per heavy atom. The molecule has 0 saturated carbocycles. The Bertz CT molecular complexity index is 293. The molecular weight excluding hydrogens is 190 g/mol. The smallest absolute Gasteiger partial charge is 0.119 e. The molecule has 0 atom stereocenters. The highest BCUT2D eigenvalue weighted by molar-refractivity contribution is 5.26. The van der Waals surface area contributed by atoms with E-state index in [1.807, 2.05) is 24.3 Å². The first-order valence-electron chi connectivity index (χ1n) is 5.38. The van der Waals surface area contributed by atoms with Crippen LogP contribution in [0, 0.1) is 5.92 Å². The van der Waals surface area contributed by atoms with Crippen LogP contribution >= 0.6 is 0 Å². The summed E-state index contributed by atoms with van der Waals surface area (Å²) in [5.74, 6) is 1.63. The van der Waals surface area contributed by atoms with Crippen LogP contribution in [0.2, 0.25) is 0 Å². The summed E-state index contributed by atoms with van der Waals surface area (Å²) in [4.78, 5) is 0. The van der Waals surface area contributed by atoms with Crippen molar-refractivity contribution >= 4 is 0 Å². The van der Waals surface area contributed by atoms with E-state index in [-0.39, 0.29) is 0 Å². The molecule has 0 amide bonds. The van der Waals surface area contributed by atoms with Crippen LogP contribution in [0.15, 0.2) is 24.3 Å². The Morgan fingerprint density at radius 3 is 2.53 bits per heavy atom. The predicted octanol–water partition coefficient (Wildman–Crippen LogP) is 1.56. The third-order valence-corrected chi connectivity index (χ3v) is 2.66. The lowest BCUT2D eigenvalue weighted by Gasteiger charge is -2.25. The van der Waals surface area contributed by atoms with Crippen LogP contribution in [0.4, 0.5) is 0 Å². The lowest BCUT2D eigenvalue weighted by molar-refractivity contribution is -0.0401. The number of hydrogen-bond donors (Lipinski definition) is 1. The first kappa shape index (κ1) is 10.5. The predicted molar refractivity (Wildman–Crippen MR) is 58.8 cm³/mol. The third kappa shape index (κ3) is 2.94. The molecule has 0 aliphatic carbocycles. The summed E-state index contributed by atoms with van der Waals surface area (Å²) in [6.07, 6.45) is 1.08. The van der Waals surface area contributed by atoms with Crippen molar-refractivity contribution in [2.75, 3.05) is 19.8 Å². The largest absolute Gasteiger partial charge is 0.494 e. The summed E-state index contributed by atoms with van der Waals surface area (Å²) in [7, 11) is 0. The molecular formula is C12H17NO2. The Morgan fingerprint density at radius 2 is 2.00 bits per heavy atom. The zero-order valence-electron chi connectivity index (χ0n) is 8.82. The second-order valence-electron chi connectivity index (χ2n) is 3.89. The van der Waals surface area contributed by atoms with Crippen molar-refractivity contribution in [2.45, 2.75) is 13.0 Å². The van der Waals surface area contributed by atoms with Crippen LogP contribution < -0.4 is 10.5 Å². The molecule has 1 heterocycles. The summed E-state index contributed by atoms with van der Waals surface area (Å²) in [6, 6.07) is 7.95. The van der Waals surface area contributed by atoms with Crippen LogP contribution in [0.5, 0.6) is 5.75 Å². The Balaban J connectivity index is 1.72. The van der Waals surface area contributed by atoms with Crippen molar-refractivity contribution in [3.63, 3.8) is 0 Å². The van der Waals surface area contributed by atoms with E-state index < -0.39 is 0 Å². The van der Waals surface area contributed by atoms with Crippen molar-refractivity contribution in [3.8, 4) is 5.75 Å². The highest BCUT2D eigenvalue weighted by Crippen LogP contribution is 2.16. The maximum atomic E-state index is 5.62. The number of nitrogens with two attached hydrogens (primary N) is 1. The minimum Gasteiger partial charge on any atom is -0.494 e. The van der Waals surface area contributed by atoms with E-state index in [4.69, 9.17) is 15.2 Å². The fourth-order valence-electron chi connectivity index (χ4n) is 1.52. The fourth-order valence-corrected chi connectivity index (χ4v) is 1.52. The van der Waals surface area contributed by atoms with Crippen LogP contribution in [-0.4, -0.2) is 19.8 Å². The second-order valence-corrected chi connectivity index (χ2v) is 3.89. The summed E-state index contributed by atoms with van der Waals surface area (Å²) in [5.41, 5.74) is 6.64. The van der Waals surface area contributed by atoms with E-state index >= 15 is 0 Å². The topological polar surface area (TPSA) is 44.5 Å². The minimum absolute atomic E-state index is 0.583. The standard InChI is InChI=1S/C12H17NO2/c13-7-10-1-3-12(4-2-10)15-6-5-11-8-14-9-11/h1-4,11H,5-9,13H2. The first-order chi connectivity index (χ1) is 7.38. The quantitative estimate of drug-likeness (QED) is 0.797.